The average molecular weight is 290 g/mol. The number of sulfonamides is 1. The molecule has 2 N–H and O–H groups in total. The number of hydrogen-bond acceptors (Lipinski definition) is 4. The minimum atomic E-state index is -3.17. The van der Waals surface area contributed by atoms with Gasteiger partial charge in [0.15, 0.2) is 0 Å². The third-order valence-corrected chi connectivity index (χ3v) is 4.84. The maximum Gasteiger partial charge on any atom is 0.213 e. The van der Waals surface area contributed by atoms with Crippen LogP contribution < -0.4 is 10.0 Å². The molecule has 0 radical (unpaired) electrons. The molecule has 1 heterocycles. The van der Waals surface area contributed by atoms with Crippen LogP contribution in [0.2, 0.25) is 0 Å². The van der Waals surface area contributed by atoms with Crippen LogP contribution in [0.25, 0.3) is 0 Å². The third-order valence-electron chi connectivity index (χ3n) is 2.44. The number of rotatable bonds is 9. The van der Waals surface area contributed by atoms with E-state index in [2.05, 4.69) is 17.0 Å². The Balaban J connectivity index is 2.30. The Morgan fingerprint density at radius 1 is 1.39 bits per heavy atom. The Hall–Kier alpha value is -0.430. The molecule has 0 saturated heterocycles. The largest absolute Gasteiger partial charge is 0.316 e. The zero-order chi connectivity index (χ0) is 13.4. The van der Waals surface area contributed by atoms with E-state index in [0.29, 0.717) is 6.54 Å². The molecule has 0 spiro atoms. The summed E-state index contributed by atoms with van der Waals surface area (Å²) in [6.07, 6.45) is 1.77. The van der Waals surface area contributed by atoms with E-state index in [-0.39, 0.29) is 11.8 Å². The summed E-state index contributed by atoms with van der Waals surface area (Å²) in [6, 6.07) is 3.95. The zero-order valence-electron chi connectivity index (χ0n) is 11.0. The van der Waals surface area contributed by atoms with Crippen molar-refractivity contribution in [3.63, 3.8) is 0 Å². The second kappa shape index (κ2) is 7.89. The molecule has 0 aliphatic heterocycles. The Bertz CT molecular complexity index is 415. The lowest BCUT2D eigenvalue weighted by atomic mass is 10.2. The fraction of sp³-hybridized carbons (Fsp3) is 0.667. The number of hydrogen-bond donors (Lipinski definition) is 2. The summed E-state index contributed by atoms with van der Waals surface area (Å²) in [4.78, 5) is 1.20. The van der Waals surface area contributed by atoms with Crippen molar-refractivity contribution < 1.29 is 8.42 Å². The molecule has 1 unspecified atom stereocenters. The molecule has 18 heavy (non-hydrogen) atoms. The fourth-order valence-corrected chi connectivity index (χ4v) is 3.71. The van der Waals surface area contributed by atoms with Crippen molar-refractivity contribution in [1.82, 2.24) is 10.0 Å². The van der Waals surface area contributed by atoms with Gasteiger partial charge in [-0.15, -0.1) is 11.3 Å². The summed E-state index contributed by atoms with van der Waals surface area (Å²) >= 11 is 1.65. The standard InChI is InChI=1S/C12H22N2O2S2/c1-3-6-13-7-9-18(15,16)14-11(2)10-12-5-4-8-17-12/h4-5,8,11,13-14H,3,6-7,9-10H2,1-2H3. The summed E-state index contributed by atoms with van der Waals surface area (Å²) in [5, 5.41) is 5.10. The van der Waals surface area contributed by atoms with E-state index in [0.717, 1.165) is 19.4 Å². The Labute approximate surface area is 114 Å². The van der Waals surface area contributed by atoms with Gasteiger partial charge in [0.1, 0.15) is 0 Å². The Kier molecular flexibility index (Phi) is 6.85. The molecular formula is C12H22N2O2S2. The van der Waals surface area contributed by atoms with Gasteiger partial charge >= 0.3 is 0 Å². The van der Waals surface area contributed by atoms with Crippen molar-refractivity contribution in [3.8, 4) is 0 Å². The Morgan fingerprint density at radius 2 is 2.17 bits per heavy atom. The van der Waals surface area contributed by atoms with Gasteiger partial charge in [0, 0.05) is 17.5 Å². The lowest BCUT2D eigenvalue weighted by molar-refractivity contribution is 0.556. The molecule has 0 saturated carbocycles. The van der Waals surface area contributed by atoms with Gasteiger partial charge in [-0.3, -0.25) is 0 Å². The predicted octanol–water partition coefficient (Wildman–Crippen LogP) is 1.60. The maximum atomic E-state index is 11.8. The molecule has 0 amide bonds. The molecule has 0 fully saturated rings. The highest BCUT2D eigenvalue weighted by Crippen LogP contribution is 2.11. The van der Waals surface area contributed by atoms with E-state index in [4.69, 9.17) is 0 Å². The van der Waals surface area contributed by atoms with Gasteiger partial charge in [0.05, 0.1) is 5.75 Å². The van der Waals surface area contributed by atoms with Gasteiger partial charge in [-0.2, -0.15) is 0 Å². The van der Waals surface area contributed by atoms with Crippen LogP contribution in [-0.4, -0.2) is 33.3 Å². The van der Waals surface area contributed by atoms with Crippen LogP contribution in [-0.2, 0) is 16.4 Å². The fourth-order valence-electron chi connectivity index (χ4n) is 1.65. The average Bonchev–Trinajstić information content (AvgIpc) is 2.76. The minimum Gasteiger partial charge on any atom is -0.316 e. The van der Waals surface area contributed by atoms with Crippen molar-refractivity contribution in [3.05, 3.63) is 22.4 Å². The van der Waals surface area contributed by atoms with Crippen LogP contribution in [0.3, 0.4) is 0 Å². The molecule has 104 valence electrons. The smallest absolute Gasteiger partial charge is 0.213 e. The summed E-state index contributed by atoms with van der Waals surface area (Å²) in [7, 11) is -3.17. The highest BCUT2D eigenvalue weighted by Gasteiger charge is 2.14. The molecule has 0 bridgehead atoms. The van der Waals surface area contributed by atoms with Gasteiger partial charge in [-0.05, 0) is 37.8 Å². The van der Waals surface area contributed by atoms with E-state index in [9.17, 15) is 8.42 Å². The Morgan fingerprint density at radius 3 is 2.78 bits per heavy atom. The quantitative estimate of drug-likeness (QED) is 0.679. The van der Waals surface area contributed by atoms with Crippen molar-refractivity contribution in [2.45, 2.75) is 32.7 Å². The lowest BCUT2D eigenvalue weighted by Crippen LogP contribution is -2.38. The first-order chi connectivity index (χ1) is 8.53. The molecule has 0 aromatic carbocycles. The minimum absolute atomic E-state index is 0.0557. The normalized spacial score (nSPS) is 13.7. The van der Waals surface area contributed by atoms with Gasteiger partial charge in [-0.25, -0.2) is 13.1 Å². The number of thiophene rings is 1. The second-order valence-corrected chi connectivity index (χ2v) is 7.28. The first-order valence-electron chi connectivity index (χ1n) is 6.26. The summed E-state index contributed by atoms with van der Waals surface area (Å²) in [5.74, 6) is 0.141. The first-order valence-corrected chi connectivity index (χ1v) is 8.80. The topological polar surface area (TPSA) is 58.2 Å². The maximum absolute atomic E-state index is 11.8. The molecule has 0 aliphatic rings. The van der Waals surface area contributed by atoms with E-state index in [1.54, 1.807) is 11.3 Å². The summed E-state index contributed by atoms with van der Waals surface area (Å²) in [5.41, 5.74) is 0. The van der Waals surface area contributed by atoms with Crippen molar-refractivity contribution in [1.29, 1.82) is 0 Å². The summed E-state index contributed by atoms with van der Waals surface area (Å²) < 4.78 is 26.3. The van der Waals surface area contributed by atoms with E-state index in [1.807, 2.05) is 24.4 Å². The first kappa shape index (κ1) is 15.6. The molecule has 1 atom stereocenters. The second-order valence-electron chi connectivity index (χ2n) is 4.37. The van der Waals surface area contributed by atoms with E-state index < -0.39 is 10.0 Å². The van der Waals surface area contributed by atoms with Crippen molar-refractivity contribution >= 4 is 21.4 Å². The molecule has 1 aromatic heterocycles. The highest BCUT2D eigenvalue weighted by molar-refractivity contribution is 7.89. The van der Waals surface area contributed by atoms with Gasteiger partial charge in [0.25, 0.3) is 0 Å². The van der Waals surface area contributed by atoms with Gasteiger partial charge in [0.2, 0.25) is 10.0 Å². The van der Waals surface area contributed by atoms with Crippen LogP contribution >= 0.6 is 11.3 Å². The van der Waals surface area contributed by atoms with Gasteiger partial charge < -0.3 is 5.32 Å². The third kappa shape index (κ3) is 6.49. The van der Waals surface area contributed by atoms with Crippen LogP contribution in [0.15, 0.2) is 17.5 Å². The number of nitrogens with one attached hydrogen (secondary N) is 2. The van der Waals surface area contributed by atoms with Crippen LogP contribution in [0.5, 0.6) is 0 Å². The van der Waals surface area contributed by atoms with Crippen LogP contribution in [0, 0.1) is 0 Å². The van der Waals surface area contributed by atoms with E-state index in [1.165, 1.54) is 4.88 Å². The SMILES string of the molecule is CCCNCCS(=O)(=O)NC(C)Cc1cccs1. The van der Waals surface area contributed by atoms with Crippen LogP contribution in [0.1, 0.15) is 25.1 Å². The van der Waals surface area contributed by atoms with Crippen molar-refractivity contribution in [2.24, 2.45) is 0 Å². The predicted molar refractivity (Wildman–Crippen MR) is 77.6 cm³/mol. The summed E-state index contributed by atoms with van der Waals surface area (Å²) in [6.45, 7) is 5.33. The molecule has 0 aliphatic carbocycles. The molecule has 6 heteroatoms. The van der Waals surface area contributed by atoms with E-state index >= 15 is 0 Å². The zero-order valence-corrected chi connectivity index (χ0v) is 12.6. The van der Waals surface area contributed by atoms with Gasteiger partial charge in [-0.1, -0.05) is 13.0 Å². The molecule has 1 aromatic rings. The van der Waals surface area contributed by atoms with Crippen molar-refractivity contribution in [2.75, 3.05) is 18.8 Å². The molecule has 4 nitrogen and oxygen atoms in total. The monoisotopic (exact) mass is 290 g/mol. The lowest BCUT2D eigenvalue weighted by Gasteiger charge is -2.13. The van der Waals surface area contributed by atoms with Crippen LogP contribution in [0.4, 0.5) is 0 Å². The highest BCUT2D eigenvalue weighted by atomic mass is 32.2. The molecular weight excluding hydrogens is 268 g/mol. The molecule has 1 rings (SSSR count).